The van der Waals surface area contributed by atoms with Crippen molar-refractivity contribution in [1.29, 1.82) is 0 Å². The number of nitrogens with zero attached hydrogens (tertiary/aromatic N) is 2. The zero-order valence-electron chi connectivity index (χ0n) is 29.2. The molecular formula is C49H32N2O2. The zero-order valence-corrected chi connectivity index (χ0v) is 29.2. The highest BCUT2D eigenvalue weighted by molar-refractivity contribution is 6.14. The van der Waals surface area contributed by atoms with E-state index in [0.717, 1.165) is 71.9 Å². The van der Waals surface area contributed by atoms with E-state index in [1.807, 2.05) is 42.5 Å². The molecule has 0 amide bonds. The number of hydrogen-bond acceptors (Lipinski definition) is 4. The first-order valence-electron chi connectivity index (χ1n) is 18.1. The van der Waals surface area contributed by atoms with Gasteiger partial charge in [-0.1, -0.05) is 135 Å². The molecule has 4 nitrogen and oxygen atoms in total. The van der Waals surface area contributed by atoms with Crippen LogP contribution in [-0.2, 0) is 5.41 Å². The third-order valence-electron chi connectivity index (χ3n) is 11.1. The summed E-state index contributed by atoms with van der Waals surface area (Å²) in [5, 5.41) is 2.98. The monoisotopic (exact) mass is 680 g/mol. The third-order valence-corrected chi connectivity index (χ3v) is 11.1. The maximum Gasteiger partial charge on any atom is 0.180 e. The summed E-state index contributed by atoms with van der Waals surface area (Å²) in [4.78, 5) is 10.6. The number of furan rings is 2. The lowest BCUT2D eigenvalue weighted by atomic mass is 9.81. The molecule has 0 spiro atoms. The molecule has 4 heteroatoms. The Labute approximate surface area is 306 Å². The summed E-state index contributed by atoms with van der Waals surface area (Å²) < 4.78 is 13.1. The molecule has 0 fully saturated rings. The van der Waals surface area contributed by atoms with Crippen molar-refractivity contribution in [3.8, 4) is 56.0 Å². The van der Waals surface area contributed by atoms with Crippen molar-refractivity contribution in [2.45, 2.75) is 19.3 Å². The molecule has 3 heterocycles. The standard InChI is InChI=1S/C49H32N2O2/c1-49(2)39-18-10-9-16-34(39)35-23-20-33(28-40(35)49)32-22-24-41-37(26-32)44-36(17-11-19-43(44)52-41)48-50-45(30-14-7-4-8-15-30)47-46(51-48)38-27-31(21-25-42(38)53-47)29-12-5-3-6-13-29/h3-28H,1-2H3. The highest BCUT2D eigenvalue weighted by Crippen LogP contribution is 2.50. The Morgan fingerprint density at radius 3 is 1.87 bits per heavy atom. The largest absolute Gasteiger partial charge is 0.456 e. The van der Waals surface area contributed by atoms with Gasteiger partial charge in [-0.15, -0.1) is 0 Å². The minimum atomic E-state index is -0.0763. The predicted octanol–water partition coefficient (Wildman–Crippen LogP) is 13.2. The summed E-state index contributed by atoms with van der Waals surface area (Å²) in [6, 6.07) is 55.3. The fraction of sp³-hybridized carbons (Fsp3) is 0.0612. The molecule has 1 aliphatic rings. The van der Waals surface area contributed by atoms with Gasteiger partial charge >= 0.3 is 0 Å². The maximum atomic E-state index is 6.55. The van der Waals surface area contributed by atoms with Crippen LogP contribution in [0.3, 0.4) is 0 Å². The molecule has 0 bridgehead atoms. The number of benzene rings is 7. The Balaban J connectivity index is 1.12. The summed E-state index contributed by atoms with van der Waals surface area (Å²) in [5.74, 6) is 0.625. The molecule has 0 atom stereocenters. The molecule has 10 aromatic rings. The topological polar surface area (TPSA) is 52.1 Å². The van der Waals surface area contributed by atoms with Crippen LogP contribution in [0.5, 0.6) is 0 Å². The Bertz CT molecular complexity index is 3080. The van der Waals surface area contributed by atoms with Crippen LogP contribution >= 0.6 is 0 Å². The Hall–Kier alpha value is -6.78. The van der Waals surface area contributed by atoms with E-state index >= 15 is 0 Å². The smallest absolute Gasteiger partial charge is 0.180 e. The first-order valence-corrected chi connectivity index (χ1v) is 18.1. The Morgan fingerprint density at radius 2 is 1.06 bits per heavy atom. The summed E-state index contributed by atoms with van der Waals surface area (Å²) in [6.45, 7) is 4.65. The summed E-state index contributed by atoms with van der Waals surface area (Å²) in [5.41, 5.74) is 16.4. The van der Waals surface area contributed by atoms with Crippen molar-refractivity contribution in [2.75, 3.05) is 0 Å². The van der Waals surface area contributed by atoms with Gasteiger partial charge in [0.2, 0.25) is 0 Å². The molecule has 0 radical (unpaired) electrons. The normalized spacial score (nSPS) is 13.2. The van der Waals surface area contributed by atoms with Gasteiger partial charge in [-0.2, -0.15) is 0 Å². The summed E-state index contributed by atoms with van der Waals surface area (Å²) in [7, 11) is 0. The van der Waals surface area contributed by atoms with Crippen LogP contribution in [0.2, 0.25) is 0 Å². The van der Waals surface area contributed by atoms with E-state index in [0.29, 0.717) is 11.4 Å². The average Bonchev–Trinajstić information content (AvgIpc) is 3.85. The minimum absolute atomic E-state index is 0.0763. The maximum absolute atomic E-state index is 6.55. The highest BCUT2D eigenvalue weighted by atomic mass is 16.3. The van der Waals surface area contributed by atoms with E-state index in [4.69, 9.17) is 18.8 Å². The van der Waals surface area contributed by atoms with Crippen LogP contribution in [0, 0.1) is 0 Å². The lowest BCUT2D eigenvalue weighted by Crippen LogP contribution is -2.14. The third kappa shape index (κ3) is 4.49. The van der Waals surface area contributed by atoms with E-state index in [2.05, 4.69) is 129 Å². The number of hydrogen-bond donors (Lipinski definition) is 0. The van der Waals surface area contributed by atoms with Gasteiger partial charge in [0.1, 0.15) is 28.0 Å². The SMILES string of the molecule is CC1(C)c2ccccc2-c2ccc(-c3ccc4oc5cccc(-c6nc(-c7ccccc7)c7oc8ccc(-c9ccccc9)cc8c7n6)c5c4c3)cc21. The van der Waals surface area contributed by atoms with Gasteiger partial charge in [-0.3, -0.25) is 0 Å². The quantitative estimate of drug-likeness (QED) is 0.186. The van der Waals surface area contributed by atoms with E-state index in [9.17, 15) is 0 Å². The van der Waals surface area contributed by atoms with Crippen LogP contribution < -0.4 is 0 Å². The van der Waals surface area contributed by atoms with Gasteiger partial charge in [0.25, 0.3) is 0 Å². The summed E-state index contributed by atoms with van der Waals surface area (Å²) >= 11 is 0. The van der Waals surface area contributed by atoms with Gasteiger partial charge in [0.05, 0.1) is 0 Å². The van der Waals surface area contributed by atoms with Gasteiger partial charge in [0, 0.05) is 32.7 Å². The van der Waals surface area contributed by atoms with Crippen molar-refractivity contribution in [2.24, 2.45) is 0 Å². The van der Waals surface area contributed by atoms with E-state index < -0.39 is 0 Å². The fourth-order valence-corrected chi connectivity index (χ4v) is 8.44. The van der Waals surface area contributed by atoms with Crippen molar-refractivity contribution in [3.05, 3.63) is 169 Å². The lowest BCUT2D eigenvalue weighted by molar-refractivity contribution is 0.660. The molecule has 3 aromatic heterocycles. The van der Waals surface area contributed by atoms with Gasteiger partial charge in [0.15, 0.2) is 11.4 Å². The zero-order chi connectivity index (χ0) is 35.3. The van der Waals surface area contributed by atoms with Crippen LogP contribution in [0.4, 0.5) is 0 Å². The van der Waals surface area contributed by atoms with Gasteiger partial charge < -0.3 is 8.83 Å². The highest BCUT2D eigenvalue weighted by Gasteiger charge is 2.35. The lowest BCUT2D eigenvalue weighted by Gasteiger charge is -2.22. The van der Waals surface area contributed by atoms with Crippen molar-refractivity contribution in [3.63, 3.8) is 0 Å². The molecule has 53 heavy (non-hydrogen) atoms. The molecule has 0 N–H and O–H groups in total. The first-order chi connectivity index (χ1) is 26.0. The predicted molar refractivity (Wildman–Crippen MR) is 216 cm³/mol. The minimum Gasteiger partial charge on any atom is -0.456 e. The molecule has 1 aliphatic carbocycles. The molecule has 0 saturated carbocycles. The molecule has 11 rings (SSSR count). The fourth-order valence-electron chi connectivity index (χ4n) is 8.44. The van der Waals surface area contributed by atoms with Gasteiger partial charge in [-0.05, 0) is 80.9 Å². The van der Waals surface area contributed by atoms with Gasteiger partial charge in [-0.25, -0.2) is 9.97 Å². The average molecular weight is 681 g/mol. The molecule has 0 saturated heterocycles. The van der Waals surface area contributed by atoms with Crippen molar-refractivity contribution in [1.82, 2.24) is 9.97 Å². The molecule has 250 valence electrons. The number of aromatic nitrogens is 2. The van der Waals surface area contributed by atoms with Crippen LogP contribution in [0.1, 0.15) is 25.0 Å². The van der Waals surface area contributed by atoms with E-state index in [-0.39, 0.29) is 5.41 Å². The second-order valence-electron chi connectivity index (χ2n) is 14.5. The molecular weight excluding hydrogens is 649 g/mol. The second kappa shape index (κ2) is 11.1. The first kappa shape index (κ1) is 29.9. The Morgan fingerprint density at radius 1 is 0.434 bits per heavy atom. The molecule has 7 aromatic carbocycles. The molecule has 0 aliphatic heterocycles. The Kier molecular flexibility index (Phi) is 6.27. The number of fused-ring (bicyclic) bond motifs is 9. The summed E-state index contributed by atoms with van der Waals surface area (Å²) in [6.07, 6.45) is 0. The number of rotatable bonds is 4. The van der Waals surface area contributed by atoms with Crippen LogP contribution in [0.25, 0.3) is 100 Å². The van der Waals surface area contributed by atoms with Crippen molar-refractivity contribution >= 4 is 44.0 Å². The van der Waals surface area contributed by atoms with E-state index in [1.165, 1.54) is 27.8 Å². The van der Waals surface area contributed by atoms with Crippen LogP contribution in [0.15, 0.2) is 167 Å². The van der Waals surface area contributed by atoms with Crippen molar-refractivity contribution < 1.29 is 8.83 Å². The molecule has 0 unspecified atom stereocenters. The second-order valence-corrected chi connectivity index (χ2v) is 14.5. The van der Waals surface area contributed by atoms with Crippen LogP contribution in [-0.4, -0.2) is 9.97 Å². The van der Waals surface area contributed by atoms with E-state index in [1.54, 1.807) is 0 Å².